The van der Waals surface area contributed by atoms with Crippen LogP contribution in [-0.2, 0) is 4.74 Å². The number of nitrogens with zero attached hydrogens (tertiary/aromatic N) is 1. The van der Waals surface area contributed by atoms with Crippen LogP contribution in [0.5, 0.6) is 0 Å². The van der Waals surface area contributed by atoms with E-state index < -0.39 is 5.54 Å². The Balaban J connectivity index is 2.46. The van der Waals surface area contributed by atoms with E-state index >= 15 is 0 Å². The number of hydrogen-bond acceptors (Lipinski definition) is 3. The van der Waals surface area contributed by atoms with Crippen LogP contribution in [-0.4, -0.2) is 18.2 Å². The van der Waals surface area contributed by atoms with Crippen molar-refractivity contribution in [3.05, 3.63) is 0 Å². The van der Waals surface area contributed by atoms with Gasteiger partial charge < -0.3 is 10.5 Å². The molecular weight excluding hydrogens is 152 g/mol. The monoisotopic (exact) mass is 168 g/mol. The van der Waals surface area contributed by atoms with E-state index in [0.717, 1.165) is 12.8 Å². The number of ether oxygens (including phenoxy) is 1. The predicted octanol–water partition coefficient (Wildman–Crippen LogP) is 1.19. The number of nitrogens with two attached hydrogens (primary N) is 1. The van der Waals surface area contributed by atoms with Crippen LogP contribution < -0.4 is 5.73 Å². The van der Waals surface area contributed by atoms with Gasteiger partial charge >= 0.3 is 0 Å². The van der Waals surface area contributed by atoms with Crippen molar-refractivity contribution in [1.82, 2.24) is 0 Å². The molecule has 1 fully saturated rings. The van der Waals surface area contributed by atoms with E-state index in [-0.39, 0.29) is 6.10 Å². The molecule has 2 atom stereocenters. The second kappa shape index (κ2) is 3.88. The molecule has 0 aliphatic carbocycles. The zero-order chi connectivity index (χ0) is 9.03. The molecule has 0 aromatic rings. The quantitative estimate of drug-likeness (QED) is 0.673. The van der Waals surface area contributed by atoms with Crippen LogP contribution in [0.15, 0.2) is 0 Å². The van der Waals surface area contributed by atoms with Crippen molar-refractivity contribution >= 4 is 0 Å². The fraction of sp³-hybridized carbons (Fsp3) is 0.889. The number of hydrogen-bond donors (Lipinski definition) is 1. The number of rotatable bonds is 2. The molecule has 12 heavy (non-hydrogen) atoms. The normalized spacial score (nSPS) is 35.9. The molecule has 1 aliphatic rings. The second-order valence-electron chi connectivity index (χ2n) is 3.50. The van der Waals surface area contributed by atoms with Gasteiger partial charge in [0, 0.05) is 19.4 Å². The lowest BCUT2D eigenvalue weighted by Crippen LogP contribution is -2.46. The fourth-order valence-corrected chi connectivity index (χ4v) is 1.58. The highest BCUT2D eigenvalue weighted by Gasteiger charge is 2.32. The highest BCUT2D eigenvalue weighted by Crippen LogP contribution is 2.24. The van der Waals surface area contributed by atoms with E-state index in [1.807, 2.05) is 0 Å². The SMILES string of the molecule is CCCC1CC(N)(C#N)CCO1. The Labute approximate surface area is 73.5 Å². The lowest BCUT2D eigenvalue weighted by molar-refractivity contribution is -0.0102. The summed E-state index contributed by atoms with van der Waals surface area (Å²) >= 11 is 0. The molecule has 1 saturated heterocycles. The second-order valence-corrected chi connectivity index (χ2v) is 3.50. The Morgan fingerprint density at radius 1 is 1.75 bits per heavy atom. The molecule has 0 aromatic carbocycles. The third-order valence-corrected chi connectivity index (χ3v) is 2.33. The van der Waals surface area contributed by atoms with Gasteiger partial charge in [-0.15, -0.1) is 0 Å². The topological polar surface area (TPSA) is 59.0 Å². The van der Waals surface area contributed by atoms with E-state index in [9.17, 15) is 0 Å². The molecule has 1 aliphatic heterocycles. The van der Waals surface area contributed by atoms with Gasteiger partial charge in [-0.1, -0.05) is 13.3 Å². The Morgan fingerprint density at radius 3 is 3.08 bits per heavy atom. The van der Waals surface area contributed by atoms with E-state index in [2.05, 4.69) is 13.0 Å². The van der Waals surface area contributed by atoms with Gasteiger partial charge in [-0.25, -0.2) is 0 Å². The average Bonchev–Trinajstić information content (AvgIpc) is 2.05. The van der Waals surface area contributed by atoms with Crippen molar-refractivity contribution in [3.8, 4) is 6.07 Å². The van der Waals surface area contributed by atoms with Crippen LogP contribution in [0.4, 0.5) is 0 Å². The Morgan fingerprint density at radius 2 is 2.50 bits per heavy atom. The van der Waals surface area contributed by atoms with Crippen molar-refractivity contribution in [2.24, 2.45) is 5.73 Å². The third-order valence-electron chi connectivity index (χ3n) is 2.33. The van der Waals surface area contributed by atoms with Gasteiger partial charge in [-0.05, 0) is 6.42 Å². The summed E-state index contributed by atoms with van der Waals surface area (Å²) in [5.41, 5.74) is 5.21. The van der Waals surface area contributed by atoms with Crippen LogP contribution in [0.25, 0.3) is 0 Å². The minimum atomic E-state index is -0.627. The van der Waals surface area contributed by atoms with Crippen molar-refractivity contribution in [3.63, 3.8) is 0 Å². The maximum atomic E-state index is 8.81. The molecule has 1 rings (SSSR count). The molecule has 2 unspecified atom stereocenters. The fourth-order valence-electron chi connectivity index (χ4n) is 1.58. The van der Waals surface area contributed by atoms with Gasteiger partial charge in [-0.3, -0.25) is 0 Å². The summed E-state index contributed by atoms with van der Waals surface area (Å²) in [6, 6.07) is 2.17. The van der Waals surface area contributed by atoms with Gasteiger partial charge in [0.15, 0.2) is 0 Å². The Bertz CT molecular complexity index is 185. The third kappa shape index (κ3) is 2.20. The van der Waals surface area contributed by atoms with Crippen molar-refractivity contribution in [2.75, 3.05) is 6.61 Å². The molecule has 0 amide bonds. The van der Waals surface area contributed by atoms with Crippen molar-refractivity contribution in [2.45, 2.75) is 44.2 Å². The Kier molecular flexibility index (Phi) is 3.07. The maximum Gasteiger partial charge on any atom is 0.108 e. The standard InChI is InChI=1S/C9H16N2O/c1-2-3-8-6-9(11,7-10)4-5-12-8/h8H,2-6,11H2,1H3. The highest BCUT2D eigenvalue weighted by molar-refractivity contribution is 5.07. The average molecular weight is 168 g/mol. The molecule has 3 heteroatoms. The molecule has 0 saturated carbocycles. The molecule has 0 radical (unpaired) electrons. The Hall–Kier alpha value is -0.590. The molecule has 1 heterocycles. The van der Waals surface area contributed by atoms with Gasteiger partial charge in [-0.2, -0.15) is 5.26 Å². The van der Waals surface area contributed by atoms with Crippen molar-refractivity contribution < 1.29 is 4.74 Å². The molecule has 2 N–H and O–H groups in total. The lowest BCUT2D eigenvalue weighted by Gasteiger charge is -2.32. The molecule has 0 bridgehead atoms. The summed E-state index contributed by atoms with van der Waals surface area (Å²) in [6.45, 7) is 2.75. The summed E-state index contributed by atoms with van der Waals surface area (Å²) in [4.78, 5) is 0. The van der Waals surface area contributed by atoms with Crippen LogP contribution in [0.2, 0.25) is 0 Å². The summed E-state index contributed by atoms with van der Waals surface area (Å²) in [6.07, 6.45) is 3.67. The molecule has 68 valence electrons. The van der Waals surface area contributed by atoms with E-state index in [0.29, 0.717) is 19.4 Å². The largest absolute Gasteiger partial charge is 0.378 e. The summed E-state index contributed by atoms with van der Waals surface area (Å²) in [5, 5.41) is 8.81. The molecular formula is C9H16N2O. The number of nitriles is 1. The van der Waals surface area contributed by atoms with Gasteiger partial charge in [0.1, 0.15) is 5.54 Å². The zero-order valence-corrected chi connectivity index (χ0v) is 7.55. The molecule has 3 nitrogen and oxygen atoms in total. The maximum absolute atomic E-state index is 8.81. The lowest BCUT2D eigenvalue weighted by atomic mass is 9.88. The predicted molar refractivity (Wildman–Crippen MR) is 46.4 cm³/mol. The van der Waals surface area contributed by atoms with Gasteiger partial charge in [0.25, 0.3) is 0 Å². The first-order chi connectivity index (χ1) is 5.70. The van der Waals surface area contributed by atoms with E-state index in [4.69, 9.17) is 15.7 Å². The smallest absolute Gasteiger partial charge is 0.108 e. The van der Waals surface area contributed by atoms with Gasteiger partial charge in [0.2, 0.25) is 0 Å². The summed E-state index contributed by atoms with van der Waals surface area (Å²) in [5.74, 6) is 0. The summed E-state index contributed by atoms with van der Waals surface area (Å²) < 4.78 is 5.48. The van der Waals surface area contributed by atoms with Gasteiger partial charge in [0.05, 0.1) is 12.2 Å². The minimum absolute atomic E-state index is 0.202. The minimum Gasteiger partial charge on any atom is -0.378 e. The molecule has 0 spiro atoms. The highest BCUT2D eigenvalue weighted by atomic mass is 16.5. The summed E-state index contributed by atoms with van der Waals surface area (Å²) in [7, 11) is 0. The van der Waals surface area contributed by atoms with E-state index in [1.165, 1.54) is 0 Å². The first kappa shape index (κ1) is 9.50. The first-order valence-corrected chi connectivity index (χ1v) is 4.52. The van der Waals surface area contributed by atoms with Crippen LogP contribution in [0.3, 0.4) is 0 Å². The zero-order valence-electron chi connectivity index (χ0n) is 7.55. The van der Waals surface area contributed by atoms with Crippen LogP contribution >= 0.6 is 0 Å². The van der Waals surface area contributed by atoms with Crippen molar-refractivity contribution in [1.29, 1.82) is 5.26 Å². The molecule has 0 aromatic heterocycles. The van der Waals surface area contributed by atoms with Crippen LogP contribution in [0.1, 0.15) is 32.6 Å². The van der Waals surface area contributed by atoms with Crippen LogP contribution in [0, 0.1) is 11.3 Å². The first-order valence-electron chi connectivity index (χ1n) is 4.52. The van der Waals surface area contributed by atoms with E-state index in [1.54, 1.807) is 0 Å².